The monoisotopic (exact) mass is 162 g/mol. The SMILES string of the molecule is N=C(OCl)N(Cl)Cl. The summed E-state index contributed by atoms with van der Waals surface area (Å²) in [4.78, 5) is 0. The van der Waals surface area contributed by atoms with Gasteiger partial charge in [0.25, 0.3) is 0 Å². The molecular formula is CHCl3N2O. The van der Waals surface area contributed by atoms with Crippen LogP contribution in [0.4, 0.5) is 0 Å². The lowest BCUT2D eigenvalue weighted by molar-refractivity contribution is 0.556. The molecule has 0 unspecified atom stereocenters. The molecule has 0 heterocycles. The van der Waals surface area contributed by atoms with Gasteiger partial charge in [0, 0.05) is 23.6 Å². The van der Waals surface area contributed by atoms with Crippen LogP contribution in [0.1, 0.15) is 0 Å². The molecule has 0 spiro atoms. The van der Waals surface area contributed by atoms with Gasteiger partial charge in [0.2, 0.25) is 0 Å². The Bertz CT molecular complexity index is 73.3. The van der Waals surface area contributed by atoms with Gasteiger partial charge in [0.1, 0.15) is 11.9 Å². The average Bonchev–Trinajstić information content (AvgIpc) is 1.65. The van der Waals surface area contributed by atoms with Gasteiger partial charge in [-0.25, -0.2) is 5.41 Å². The normalized spacial score (nSPS) is 7.86. The number of halogens is 3. The van der Waals surface area contributed by atoms with Gasteiger partial charge in [-0.05, 0) is 0 Å². The molecule has 0 radical (unpaired) electrons. The van der Waals surface area contributed by atoms with Crippen LogP contribution in [0.5, 0.6) is 0 Å². The van der Waals surface area contributed by atoms with Crippen LogP contribution < -0.4 is 0 Å². The topological polar surface area (TPSA) is 36.3 Å². The second-order valence-electron chi connectivity index (χ2n) is 0.615. The van der Waals surface area contributed by atoms with Crippen LogP contribution in [-0.2, 0) is 4.29 Å². The summed E-state index contributed by atoms with van der Waals surface area (Å²) in [5.74, 6) is 0. The van der Waals surface area contributed by atoms with E-state index >= 15 is 0 Å². The highest BCUT2D eigenvalue weighted by Gasteiger charge is 2.00. The minimum Gasteiger partial charge on any atom is -0.345 e. The molecule has 7 heavy (non-hydrogen) atoms. The van der Waals surface area contributed by atoms with Crippen molar-refractivity contribution in [3.8, 4) is 0 Å². The number of rotatable bonds is 0. The minimum absolute atomic E-state index is 0.396. The third kappa shape index (κ3) is 2.79. The van der Waals surface area contributed by atoms with Crippen molar-refractivity contribution in [3.05, 3.63) is 0 Å². The summed E-state index contributed by atoms with van der Waals surface area (Å²) in [6, 6.07) is -0.523. The molecule has 0 aromatic rings. The molecule has 0 aromatic heterocycles. The Labute approximate surface area is 55.6 Å². The van der Waals surface area contributed by atoms with Crippen molar-refractivity contribution in [2.75, 3.05) is 0 Å². The lowest BCUT2D eigenvalue weighted by Gasteiger charge is -1.98. The number of hydrogen-bond donors (Lipinski definition) is 1. The van der Waals surface area contributed by atoms with Crippen LogP contribution in [0.15, 0.2) is 0 Å². The fourth-order valence-corrected chi connectivity index (χ4v) is 0.235. The average molecular weight is 163 g/mol. The van der Waals surface area contributed by atoms with Crippen LogP contribution in [0.2, 0.25) is 0 Å². The lowest BCUT2D eigenvalue weighted by Crippen LogP contribution is -2.08. The molecule has 6 heteroatoms. The Morgan fingerprint density at radius 2 is 2.00 bits per heavy atom. The molecular weight excluding hydrogens is 162 g/mol. The third-order valence-electron chi connectivity index (χ3n) is 0.227. The lowest BCUT2D eigenvalue weighted by atomic mass is 11.2. The highest BCUT2D eigenvalue weighted by molar-refractivity contribution is 6.41. The predicted octanol–water partition coefficient (Wildman–Crippen LogP) is 1.70. The molecule has 0 aliphatic heterocycles. The highest BCUT2D eigenvalue weighted by Crippen LogP contribution is 2.01. The van der Waals surface area contributed by atoms with E-state index in [0.717, 1.165) is 0 Å². The molecule has 0 aromatic carbocycles. The summed E-state index contributed by atoms with van der Waals surface area (Å²) in [5, 5.41) is 6.50. The van der Waals surface area contributed by atoms with Gasteiger partial charge >= 0.3 is 6.02 Å². The van der Waals surface area contributed by atoms with Crippen molar-refractivity contribution >= 4 is 41.4 Å². The maximum Gasteiger partial charge on any atom is 0.334 e. The molecule has 3 nitrogen and oxygen atoms in total. The van der Waals surface area contributed by atoms with Crippen molar-refractivity contribution in [1.82, 2.24) is 3.94 Å². The Morgan fingerprint density at radius 1 is 1.57 bits per heavy atom. The number of hydrogen-bond acceptors (Lipinski definition) is 2. The maximum atomic E-state index is 6.50. The quantitative estimate of drug-likeness (QED) is 0.335. The fraction of sp³-hybridized carbons (Fsp3) is 0. The van der Waals surface area contributed by atoms with Gasteiger partial charge in [0.05, 0.1) is 0 Å². The Balaban J connectivity index is 3.35. The summed E-state index contributed by atoms with van der Waals surface area (Å²) >= 11 is 14.4. The van der Waals surface area contributed by atoms with E-state index in [0.29, 0.717) is 3.94 Å². The van der Waals surface area contributed by atoms with Crippen LogP contribution in [0, 0.1) is 5.41 Å². The van der Waals surface area contributed by atoms with E-state index in [1.807, 2.05) is 0 Å². The number of nitrogens with one attached hydrogen (secondary N) is 1. The molecule has 0 rings (SSSR count). The molecule has 1 N–H and O–H groups in total. The first kappa shape index (κ1) is 7.14. The number of amidine groups is 1. The van der Waals surface area contributed by atoms with Crippen molar-refractivity contribution in [2.45, 2.75) is 0 Å². The van der Waals surface area contributed by atoms with Crippen LogP contribution in [0.3, 0.4) is 0 Å². The molecule has 0 saturated heterocycles. The molecule has 0 bridgehead atoms. The second-order valence-corrected chi connectivity index (χ2v) is 1.62. The smallest absolute Gasteiger partial charge is 0.334 e. The summed E-state index contributed by atoms with van der Waals surface area (Å²) < 4.78 is 4.12. The zero-order chi connectivity index (χ0) is 5.86. The van der Waals surface area contributed by atoms with Gasteiger partial charge < -0.3 is 4.29 Å². The zero-order valence-electron chi connectivity index (χ0n) is 2.99. The summed E-state index contributed by atoms with van der Waals surface area (Å²) in [7, 11) is 0. The first-order chi connectivity index (χ1) is 3.18. The van der Waals surface area contributed by atoms with Crippen molar-refractivity contribution in [1.29, 1.82) is 5.41 Å². The van der Waals surface area contributed by atoms with E-state index in [9.17, 15) is 0 Å². The minimum atomic E-state index is -0.523. The van der Waals surface area contributed by atoms with E-state index < -0.39 is 6.02 Å². The predicted molar refractivity (Wildman–Crippen MR) is 28.2 cm³/mol. The van der Waals surface area contributed by atoms with Gasteiger partial charge in [-0.1, -0.05) is 0 Å². The van der Waals surface area contributed by atoms with Gasteiger partial charge in [-0.3, -0.25) is 0 Å². The molecule has 0 saturated carbocycles. The van der Waals surface area contributed by atoms with Gasteiger partial charge in [0.15, 0.2) is 0 Å². The molecule has 0 aliphatic rings. The molecule has 0 fully saturated rings. The number of nitrogens with zero attached hydrogens (tertiary/aromatic N) is 1. The van der Waals surface area contributed by atoms with E-state index in [-0.39, 0.29) is 0 Å². The van der Waals surface area contributed by atoms with E-state index in [2.05, 4.69) is 16.2 Å². The van der Waals surface area contributed by atoms with Crippen LogP contribution in [0.25, 0.3) is 0 Å². The standard InChI is InChI=1S/CHCl3N2O/c2-6(3)1(5)7-4/h5H. The van der Waals surface area contributed by atoms with E-state index in [4.69, 9.17) is 29.0 Å². The first-order valence-corrected chi connectivity index (χ1v) is 2.15. The zero-order valence-corrected chi connectivity index (χ0v) is 5.26. The highest BCUT2D eigenvalue weighted by atomic mass is 35.5. The van der Waals surface area contributed by atoms with Gasteiger partial charge in [-0.15, -0.1) is 3.94 Å². The Kier molecular flexibility index (Phi) is 3.25. The van der Waals surface area contributed by atoms with E-state index in [1.54, 1.807) is 0 Å². The Hall–Kier alpha value is 0.140. The summed E-state index contributed by atoms with van der Waals surface area (Å²) in [5.41, 5.74) is 0. The maximum absolute atomic E-state index is 6.50. The van der Waals surface area contributed by atoms with Crippen molar-refractivity contribution in [3.63, 3.8) is 0 Å². The van der Waals surface area contributed by atoms with Crippen LogP contribution >= 0.6 is 35.4 Å². The van der Waals surface area contributed by atoms with E-state index in [1.165, 1.54) is 0 Å². The largest absolute Gasteiger partial charge is 0.345 e. The summed E-state index contributed by atoms with van der Waals surface area (Å²) in [6.45, 7) is 0. The molecule has 42 valence electrons. The van der Waals surface area contributed by atoms with Crippen molar-refractivity contribution in [2.24, 2.45) is 0 Å². The Morgan fingerprint density at radius 3 is 2.00 bits per heavy atom. The third-order valence-corrected chi connectivity index (χ3v) is 0.680. The van der Waals surface area contributed by atoms with Crippen LogP contribution in [-0.4, -0.2) is 9.96 Å². The second kappa shape index (κ2) is 3.18. The fourth-order valence-electron chi connectivity index (χ4n) is 0.0261. The molecule has 0 aliphatic carbocycles. The van der Waals surface area contributed by atoms with Crippen molar-refractivity contribution < 1.29 is 4.29 Å². The summed E-state index contributed by atoms with van der Waals surface area (Å²) in [6.07, 6.45) is 0. The molecule has 0 amide bonds. The van der Waals surface area contributed by atoms with Gasteiger partial charge in [-0.2, -0.15) is 0 Å². The first-order valence-electron chi connectivity index (χ1n) is 1.17. The molecule has 0 atom stereocenters.